The molecule has 0 aliphatic heterocycles. The minimum absolute atomic E-state index is 0.0628. The molecule has 0 rings (SSSR count). The zero-order chi connectivity index (χ0) is 12.6. The fourth-order valence-electron chi connectivity index (χ4n) is 1.15. The number of carbonyl (C=O) groups is 3. The monoisotopic (exact) mass is 232 g/mol. The molecule has 0 amide bonds. The Hall–Kier alpha value is -1.59. The largest absolute Gasteiger partial charge is 0.469 e. The van der Waals surface area contributed by atoms with Crippen molar-refractivity contribution >= 4 is 17.9 Å². The van der Waals surface area contributed by atoms with E-state index < -0.39 is 23.8 Å². The van der Waals surface area contributed by atoms with Crippen molar-refractivity contribution in [1.29, 1.82) is 0 Å². The molecule has 0 spiro atoms. The van der Waals surface area contributed by atoms with Gasteiger partial charge >= 0.3 is 17.9 Å². The van der Waals surface area contributed by atoms with Gasteiger partial charge in [-0.1, -0.05) is 0 Å². The minimum atomic E-state index is -0.670. The second kappa shape index (κ2) is 7.67. The summed E-state index contributed by atoms with van der Waals surface area (Å²) in [4.78, 5) is 33.2. The Morgan fingerprint density at radius 1 is 0.938 bits per heavy atom. The fraction of sp³-hybridized carbons (Fsp3) is 0.700. The van der Waals surface area contributed by atoms with Crippen LogP contribution in [0.15, 0.2) is 0 Å². The van der Waals surface area contributed by atoms with Crippen LogP contribution in [-0.2, 0) is 28.6 Å². The number of carbonyl (C=O) groups excluding carboxylic acids is 3. The Morgan fingerprint density at radius 3 is 1.94 bits per heavy atom. The van der Waals surface area contributed by atoms with Crippen molar-refractivity contribution in [3.63, 3.8) is 0 Å². The van der Waals surface area contributed by atoms with E-state index >= 15 is 0 Å². The fourth-order valence-corrected chi connectivity index (χ4v) is 1.15. The average Bonchev–Trinajstić information content (AvgIpc) is 2.32. The smallest absolute Gasteiger partial charge is 0.309 e. The first kappa shape index (κ1) is 14.4. The average molecular weight is 232 g/mol. The maximum Gasteiger partial charge on any atom is 0.309 e. The van der Waals surface area contributed by atoms with E-state index in [4.69, 9.17) is 0 Å². The summed E-state index contributed by atoms with van der Waals surface area (Å²) in [5.41, 5.74) is 0. The molecule has 0 aromatic carbocycles. The highest BCUT2D eigenvalue weighted by Gasteiger charge is 2.24. The first-order valence-electron chi connectivity index (χ1n) is 4.76. The van der Waals surface area contributed by atoms with Crippen LogP contribution < -0.4 is 0 Å². The zero-order valence-corrected chi connectivity index (χ0v) is 9.65. The Kier molecular flexibility index (Phi) is 6.91. The molecule has 0 N–H and O–H groups in total. The van der Waals surface area contributed by atoms with E-state index in [2.05, 4.69) is 14.2 Å². The van der Waals surface area contributed by atoms with E-state index in [9.17, 15) is 14.4 Å². The first-order chi connectivity index (χ1) is 7.54. The van der Waals surface area contributed by atoms with Crippen LogP contribution in [-0.4, -0.2) is 39.2 Å². The van der Waals surface area contributed by atoms with Crippen LogP contribution in [0.5, 0.6) is 0 Å². The van der Waals surface area contributed by atoms with Crippen LogP contribution in [0.2, 0.25) is 0 Å². The van der Waals surface area contributed by atoms with Crippen LogP contribution in [0.25, 0.3) is 0 Å². The molecular weight excluding hydrogens is 216 g/mol. The number of ether oxygens (including phenoxy) is 3. The topological polar surface area (TPSA) is 78.9 Å². The summed E-state index contributed by atoms with van der Waals surface area (Å²) >= 11 is 0. The highest BCUT2D eigenvalue weighted by atomic mass is 16.5. The molecule has 0 aliphatic rings. The lowest BCUT2D eigenvalue weighted by atomic mass is 10.00. The van der Waals surface area contributed by atoms with Gasteiger partial charge in [0, 0.05) is 6.42 Å². The lowest BCUT2D eigenvalue weighted by Gasteiger charge is -2.12. The summed E-state index contributed by atoms with van der Waals surface area (Å²) in [6.07, 6.45) is 0.169. The summed E-state index contributed by atoms with van der Waals surface area (Å²) in [5.74, 6) is -2.15. The number of hydrogen-bond donors (Lipinski definition) is 0. The Bertz CT molecular complexity index is 260. The molecule has 0 radical (unpaired) electrons. The molecule has 0 heterocycles. The first-order valence-corrected chi connectivity index (χ1v) is 4.76. The van der Waals surface area contributed by atoms with E-state index in [1.54, 1.807) is 0 Å². The van der Waals surface area contributed by atoms with Gasteiger partial charge in [-0.15, -0.1) is 0 Å². The van der Waals surface area contributed by atoms with Crippen LogP contribution in [0.3, 0.4) is 0 Å². The van der Waals surface area contributed by atoms with Crippen LogP contribution in [0.1, 0.15) is 19.3 Å². The molecule has 0 aliphatic carbocycles. The standard InChI is InChI=1S/C10H16O6/c1-14-8(11)5-4-7(10(13)16-3)6-9(12)15-2/h7H,4-6H2,1-3H3/t7-/m0/s1. The molecule has 0 saturated heterocycles. The highest BCUT2D eigenvalue weighted by molar-refractivity contribution is 5.80. The number of rotatable bonds is 6. The molecule has 1 atom stereocenters. The molecule has 0 bridgehead atoms. The zero-order valence-electron chi connectivity index (χ0n) is 9.65. The maximum absolute atomic E-state index is 11.3. The lowest BCUT2D eigenvalue weighted by molar-refractivity contribution is -0.153. The molecular formula is C10H16O6. The molecule has 16 heavy (non-hydrogen) atoms. The number of esters is 3. The van der Waals surface area contributed by atoms with Gasteiger partial charge in [-0.25, -0.2) is 0 Å². The van der Waals surface area contributed by atoms with Crippen molar-refractivity contribution in [1.82, 2.24) is 0 Å². The van der Waals surface area contributed by atoms with Gasteiger partial charge in [0.2, 0.25) is 0 Å². The molecule has 0 fully saturated rings. The predicted molar refractivity (Wildman–Crippen MR) is 53.4 cm³/mol. The van der Waals surface area contributed by atoms with Gasteiger partial charge in [-0.05, 0) is 6.42 Å². The van der Waals surface area contributed by atoms with Gasteiger partial charge < -0.3 is 14.2 Å². The van der Waals surface area contributed by atoms with Crippen molar-refractivity contribution in [2.24, 2.45) is 5.92 Å². The normalized spacial score (nSPS) is 11.4. The summed E-state index contributed by atoms with van der Waals surface area (Å²) in [5, 5.41) is 0. The third kappa shape index (κ3) is 5.33. The molecule has 0 aromatic heterocycles. The number of hydrogen-bond acceptors (Lipinski definition) is 6. The van der Waals surface area contributed by atoms with Gasteiger partial charge in [0.05, 0.1) is 33.7 Å². The second-order valence-corrected chi connectivity index (χ2v) is 3.12. The Balaban J connectivity index is 4.26. The van der Waals surface area contributed by atoms with Gasteiger partial charge in [-0.3, -0.25) is 14.4 Å². The summed E-state index contributed by atoms with van der Waals surface area (Å²) < 4.78 is 13.4. The van der Waals surface area contributed by atoms with E-state index in [1.165, 1.54) is 21.3 Å². The van der Waals surface area contributed by atoms with Crippen molar-refractivity contribution in [2.45, 2.75) is 19.3 Å². The van der Waals surface area contributed by atoms with Gasteiger partial charge in [-0.2, -0.15) is 0 Å². The van der Waals surface area contributed by atoms with E-state index in [1.807, 2.05) is 0 Å². The van der Waals surface area contributed by atoms with Crippen LogP contribution >= 0.6 is 0 Å². The van der Waals surface area contributed by atoms with Gasteiger partial charge in [0.15, 0.2) is 0 Å². The summed E-state index contributed by atoms with van der Waals surface area (Å²) in [6, 6.07) is 0. The molecule has 6 heteroatoms. The van der Waals surface area contributed by atoms with Gasteiger partial charge in [0.1, 0.15) is 0 Å². The summed E-state index contributed by atoms with van der Waals surface area (Å²) in [7, 11) is 3.72. The second-order valence-electron chi connectivity index (χ2n) is 3.12. The van der Waals surface area contributed by atoms with Crippen molar-refractivity contribution in [2.75, 3.05) is 21.3 Å². The highest BCUT2D eigenvalue weighted by Crippen LogP contribution is 2.14. The van der Waals surface area contributed by atoms with Gasteiger partial charge in [0.25, 0.3) is 0 Å². The van der Waals surface area contributed by atoms with Crippen molar-refractivity contribution in [3.05, 3.63) is 0 Å². The van der Waals surface area contributed by atoms with Crippen molar-refractivity contribution in [3.8, 4) is 0 Å². The minimum Gasteiger partial charge on any atom is -0.469 e. The van der Waals surface area contributed by atoms with Crippen LogP contribution in [0, 0.1) is 5.92 Å². The molecule has 0 saturated carbocycles. The molecule has 0 unspecified atom stereocenters. The maximum atomic E-state index is 11.3. The number of methoxy groups -OCH3 is 3. The quantitative estimate of drug-likeness (QED) is 0.484. The molecule has 92 valence electrons. The summed E-state index contributed by atoms with van der Waals surface area (Å²) in [6.45, 7) is 0. The van der Waals surface area contributed by atoms with Crippen LogP contribution in [0.4, 0.5) is 0 Å². The Morgan fingerprint density at radius 2 is 1.50 bits per heavy atom. The SMILES string of the molecule is COC(=O)CC[C@@H](CC(=O)OC)C(=O)OC. The lowest BCUT2D eigenvalue weighted by Crippen LogP contribution is -2.21. The third-order valence-corrected chi connectivity index (χ3v) is 2.10. The predicted octanol–water partition coefficient (Wildman–Crippen LogP) is 0.292. The molecule has 0 aromatic rings. The Labute approximate surface area is 93.8 Å². The third-order valence-electron chi connectivity index (χ3n) is 2.10. The van der Waals surface area contributed by atoms with E-state index in [0.29, 0.717) is 0 Å². The van der Waals surface area contributed by atoms with E-state index in [0.717, 1.165) is 0 Å². The van der Waals surface area contributed by atoms with E-state index in [-0.39, 0.29) is 19.3 Å². The molecule has 6 nitrogen and oxygen atoms in total. The van der Waals surface area contributed by atoms with Crippen molar-refractivity contribution < 1.29 is 28.6 Å².